The van der Waals surface area contributed by atoms with Gasteiger partial charge < -0.3 is 15.8 Å². The number of anilines is 1. The molecule has 3 N–H and O–H groups in total. The summed E-state index contributed by atoms with van der Waals surface area (Å²) in [5.74, 6) is -2.11. The van der Waals surface area contributed by atoms with Crippen molar-refractivity contribution in [1.29, 1.82) is 0 Å². The fraction of sp³-hybridized carbons (Fsp3) is 0.0625. The van der Waals surface area contributed by atoms with Crippen LogP contribution in [0.1, 0.15) is 20.7 Å². The molecular weight excluding hydrogens is 355 g/mol. The van der Waals surface area contributed by atoms with Crippen molar-refractivity contribution in [2.75, 3.05) is 11.9 Å². The van der Waals surface area contributed by atoms with Gasteiger partial charge in [0.05, 0.1) is 26.9 Å². The van der Waals surface area contributed by atoms with Crippen LogP contribution in [0.25, 0.3) is 0 Å². The monoisotopic (exact) mass is 366 g/mol. The summed E-state index contributed by atoms with van der Waals surface area (Å²) in [5, 5.41) is 2.69. The standard InChI is InChI=1S/C16H12Cl2N2O4/c17-11-6-3-5-10(14(11)18)16(23)24-8-13(21)20-12-7-2-1-4-9(12)15(19)22/h1-7H,8H2,(H2,19,22)(H,20,21). The molecule has 8 heteroatoms. The van der Waals surface area contributed by atoms with Crippen LogP contribution >= 0.6 is 23.2 Å². The van der Waals surface area contributed by atoms with Crippen molar-refractivity contribution < 1.29 is 19.1 Å². The number of rotatable bonds is 5. The molecule has 2 amide bonds. The lowest BCUT2D eigenvalue weighted by atomic mass is 10.1. The van der Waals surface area contributed by atoms with Gasteiger partial charge in [0, 0.05) is 0 Å². The van der Waals surface area contributed by atoms with E-state index in [1.807, 2.05) is 0 Å². The van der Waals surface area contributed by atoms with E-state index in [9.17, 15) is 14.4 Å². The Bertz CT molecular complexity index is 808. The van der Waals surface area contributed by atoms with E-state index in [-0.39, 0.29) is 26.9 Å². The molecule has 0 atom stereocenters. The first kappa shape index (κ1) is 17.8. The molecule has 0 saturated heterocycles. The van der Waals surface area contributed by atoms with Gasteiger partial charge in [0.25, 0.3) is 11.8 Å². The fourth-order valence-corrected chi connectivity index (χ4v) is 2.24. The van der Waals surface area contributed by atoms with Crippen molar-refractivity contribution >= 4 is 46.7 Å². The summed E-state index contributed by atoms with van der Waals surface area (Å²) in [4.78, 5) is 35.1. The summed E-state index contributed by atoms with van der Waals surface area (Å²) in [6, 6.07) is 10.7. The van der Waals surface area contributed by atoms with E-state index in [1.165, 1.54) is 30.3 Å². The minimum atomic E-state index is -0.791. The van der Waals surface area contributed by atoms with Gasteiger partial charge in [0.2, 0.25) is 0 Å². The van der Waals surface area contributed by atoms with Crippen LogP contribution in [-0.2, 0) is 9.53 Å². The highest BCUT2D eigenvalue weighted by Crippen LogP contribution is 2.26. The van der Waals surface area contributed by atoms with E-state index in [1.54, 1.807) is 12.1 Å². The van der Waals surface area contributed by atoms with Crippen molar-refractivity contribution in [3.8, 4) is 0 Å². The highest BCUT2D eigenvalue weighted by Gasteiger charge is 2.16. The zero-order valence-electron chi connectivity index (χ0n) is 12.2. The Morgan fingerprint density at radius 1 is 1.00 bits per heavy atom. The van der Waals surface area contributed by atoms with Crippen LogP contribution in [0.2, 0.25) is 10.0 Å². The first-order chi connectivity index (χ1) is 11.4. The van der Waals surface area contributed by atoms with E-state index >= 15 is 0 Å². The number of primary amides is 1. The molecule has 0 saturated carbocycles. The maximum Gasteiger partial charge on any atom is 0.340 e. The zero-order chi connectivity index (χ0) is 17.7. The van der Waals surface area contributed by atoms with Gasteiger partial charge in [0.1, 0.15) is 0 Å². The smallest absolute Gasteiger partial charge is 0.340 e. The largest absolute Gasteiger partial charge is 0.452 e. The molecular formula is C16H12Cl2N2O4. The first-order valence-electron chi connectivity index (χ1n) is 6.70. The summed E-state index contributed by atoms with van der Waals surface area (Å²) in [6.07, 6.45) is 0. The van der Waals surface area contributed by atoms with Gasteiger partial charge in [-0.1, -0.05) is 41.4 Å². The van der Waals surface area contributed by atoms with Crippen LogP contribution in [0.5, 0.6) is 0 Å². The second-order valence-corrected chi connectivity index (χ2v) is 5.42. The molecule has 0 heterocycles. The molecule has 2 aromatic rings. The first-order valence-corrected chi connectivity index (χ1v) is 7.45. The number of nitrogens with two attached hydrogens (primary N) is 1. The Hall–Kier alpha value is -2.57. The third-order valence-electron chi connectivity index (χ3n) is 2.97. The number of carbonyl (C=O) groups is 3. The maximum absolute atomic E-state index is 11.9. The predicted octanol–water partition coefficient (Wildman–Crippen LogP) is 2.89. The van der Waals surface area contributed by atoms with Gasteiger partial charge in [-0.2, -0.15) is 0 Å². The molecule has 2 aromatic carbocycles. The molecule has 124 valence electrons. The van der Waals surface area contributed by atoms with Gasteiger partial charge in [0.15, 0.2) is 6.61 Å². The molecule has 0 spiro atoms. The van der Waals surface area contributed by atoms with Crippen molar-refractivity contribution in [3.63, 3.8) is 0 Å². The second-order valence-electron chi connectivity index (χ2n) is 4.64. The lowest BCUT2D eigenvalue weighted by Crippen LogP contribution is -2.23. The zero-order valence-corrected chi connectivity index (χ0v) is 13.7. The number of nitrogens with one attached hydrogen (secondary N) is 1. The van der Waals surface area contributed by atoms with Crippen LogP contribution in [0.4, 0.5) is 5.69 Å². The van der Waals surface area contributed by atoms with E-state index < -0.39 is 24.4 Å². The van der Waals surface area contributed by atoms with Crippen LogP contribution in [0.15, 0.2) is 42.5 Å². The minimum Gasteiger partial charge on any atom is -0.452 e. The van der Waals surface area contributed by atoms with Gasteiger partial charge in [-0.05, 0) is 24.3 Å². The molecule has 0 aliphatic rings. The summed E-state index contributed by atoms with van der Waals surface area (Å²) in [5.41, 5.74) is 5.64. The molecule has 0 fully saturated rings. The molecule has 2 rings (SSSR count). The number of amides is 2. The fourth-order valence-electron chi connectivity index (χ4n) is 1.86. The number of esters is 1. The lowest BCUT2D eigenvalue weighted by molar-refractivity contribution is -0.119. The van der Waals surface area contributed by atoms with Crippen molar-refractivity contribution in [1.82, 2.24) is 0 Å². The Morgan fingerprint density at radius 2 is 1.67 bits per heavy atom. The minimum absolute atomic E-state index is 0.0450. The van der Waals surface area contributed by atoms with Crippen LogP contribution < -0.4 is 11.1 Å². The van der Waals surface area contributed by atoms with Crippen molar-refractivity contribution in [3.05, 3.63) is 63.6 Å². The maximum atomic E-state index is 11.9. The van der Waals surface area contributed by atoms with Crippen LogP contribution in [0, 0.1) is 0 Å². The van der Waals surface area contributed by atoms with E-state index in [0.29, 0.717) is 0 Å². The van der Waals surface area contributed by atoms with Crippen molar-refractivity contribution in [2.45, 2.75) is 0 Å². The predicted molar refractivity (Wildman–Crippen MR) is 90.3 cm³/mol. The van der Waals surface area contributed by atoms with E-state index in [4.69, 9.17) is 33.7 Å². The number of carbonyl (C=O) groups excluding carboxylic acids is 3. The average Bonchev–Trinajstić information content (AvgIpc) is 2.55. The number of hydrogen-bond donors (Lipinski definition) is 2. The third kappa shape index (κ3) is 4.24. The summed E-state index contributed by atoms with van der Waals surface area (Å²) < 4.78 is 4.89. The lowest BCUT2D eigenvalue weighted by Gasteiger charge is -2.10. The number of ether oxygens (including phenoxy) is 1. The Kier molecular flexibility index (Phi) is 5.78. The second kappa shape index (κ2) is 7.81. The Labute approximate surface area is 147 Å². The highest BCUT2D eigenvalue weighted by atomic mass is 35.5. The van der Waals surface area contributed by atoms with Crippen LogP contribution in [-0.4, -0.2) is 24.4 Å². The molecule has 24 heavy (non-hydrogen) atoms. The van der Waals surface area contributed by atoms with Gasteiger partial charge >= 0.3 is 5.97 Å². The molecule has 0 aliphatic carbocycles. The summed E-state index contributed by atoms with van der Waals surface area (Å²) in [7, 11) is 0. The molecule has 0 aliphatic heterocycles. The average molecular weight is 367 g/mol. The molecule has 0 aromatic heterocycles. The highest BCUT2D eigenvalue weighted by molar-refractivity contribution is 6.43. The number of halogens is 2. The Morgan fingerprint density at radius 3 is 2.38 bits per heavy atom. The summed E-state index contributed by atoms with van der Waals surface area (Å²) >= 11 is 11.7. The SMILES string of the molecule is NC(=O)c1ccccc1NC(=O)COC(=O)c1cccc(Cl)c1Cl. The van der Waals surface area contributed by atoms with Crippen LogP contribution in [0.3, 0.4) is 0 Å². The number of benzene rings is 2. The number of hydrogen-bond acceptors (Lipinski definition) is 4. The van der Waals surface area contributed by atoms with Gasteiger partial charge in [-0.25, -0.2) is 4.79 Å². The summed E-state index contributed by atoms with van der Waals surface area (Å²) in [6.45, 7) is -0.561. The molecule has 0 unspecified atom stereocenters. The topological polar surface area (TPSA) is 98.5 Å². The Balaban J connectivity index is 2.00. The van der Waals surface area contributed by atoms with Gasteiger partial charge in [-0.3, -0.25) is 9.59 Å². The van der Waals surface area contributed by atoms with E-state index in [0.717, 1.165) is 0 Å². The number of para-hydroxylation sites is 1. The quantitative estimate of drug-likeness (QED) is 0.794. The van der Waals surface area contributed by atoms with E-state index in [2.05, 4.69) is 5.32 Å². The third-order valence-corrected chi connectivity index (χ3v) is 3.79. The molecule has 0 radical (unpaired) electrons. The van der Waals surface area contributed by atoms with Gasteiger partial charge in [-0.15, -0.1) is 0 Å². The van der Waals surface area contributed by atoms with Crippen molar-refractivity contribution in [2.24, 2.45) is 5.73 Å². The molecule has 0 bridgehead atoms. The molecule has 6 nitrogen and oxygen atoms in total. The normalized spacial score (nSPS) is 10.1.